The SMILES string of the molecule is C#CC(C)(C)N1C2CCCC1CC(NCC)C2. The number of hydrogen-bond donors (Lipinski definition) is 1. The van der Waals surface area contributed by atoms with E-state index in [1.807, 2.05) is 0 Å². The Morgan fingerprint density at radius 3 is 2.35 bits per heavy atom. The second kappa shape index (κ2) is 5.00. The highest BCUT2D eigenvalue weighted by molar-refractivity contribution is 5.13. The average molecular weight is 234 g/mol. The van der Waals surface area contributed by atoms with E-state index in [4.69, 9.17) is 6.42 Å². The number of hydrogen-bond acceptors (Lipinski definition) is 2. The Labute approximate surface area is 106 Å². The highest BCUT2D eigenvalue weighted by Crippen LogP contribution is 2.38. The van der Waals surface area contributed by atoms with Crippen molar-refractivity contribution in [1.82, 2.24) is 10.2 Å². The van der Waals surface area contributed by atoms with Crippen molar-refractivity contribution in [2.24, 2.45) is 0 Å². The first kappa shape index (κ1) is 12.9. The van der Waals surface area contributed by atoms with Gasteiger partial charge in [-0.05, 0) is 46.1 Å². The van der Waals surface area contributed by atoms with Gasteiger partial charge in [0.1, 0.15) is 0 Å². The lowest BCUT2D eigenvalue weighted by Gasteiger charge is -2.54. The minimum absolute atomic E-state index is 0.0765. The summed E-state index contributed by atoms with van der Waals surface area (Å²) < 4.78 is 0. The first-order valence-electron chi connectivity index (χ1n) is 7.08. The van der Waals surface area contributed by atoms with Gasteiger partial charge in [0, 0.05) is 18.1 Å². The Morgan fingerprint density at radius 1 is 1.29 bits per heavy atom. The van der Waals surface area contributed by atoms with Crippen LogP contribution in [0, 0.1) is 12.3 Å². The van der Waals surface area contributed by atoms with E-state index >= 15 is 0 Å². The summed E-state index contributed by atoms with van der Waals surface area (Å²) in [6.45, 7) is 7.69. The Morgan fingerprint density at radius 2 is 1.88 bits per heavy atom. The van der Waals surface area contributed by atoms with Gasteiger partial charge in [-0.3, -0.25) is 4.90 Å². The van der Waals surface area contributed by atoms with E-state index < -0.39 is 0 Å². The summed E-state index contributed by atoms with van der Waals surface area (Å²) in [4.78, 5) is 2.63. The van der Waals surface area contributed by atoms with Crippen LogP contribution in [0.5, 0.6) is 0 Å². The molecule has 2 heteroatoms. The third kappa shape index (κ3) is 2.51. The molecule has 2 fully saturated rings. The first-order valence-corrected chi connectivity index (χ1v) is 7.08. The average Bonchev–Trinajstić information content (AvgIpc) is 2.28. The fourth-order valence-corrected chi connectivity index (χ4v) is 3.82. The second-order valence-corrected chi connectivity index (χ2v) is 6.08. The molecule has 2 atom stereocenters. The van der Waals surface area contributed by atoms with E-state index in [9.17, 15) is 0 Å². The van der Waals surface area contributed by atoms with Crippen molar-refractivity contribution in [3.05, 3.63) is 0 Å². The molecular weight excluding hydrogens is 208 g/mol. The molecule has 2 heterocycles. The number of rotatable bonds is 3. The zero-order valence-corrected chi connectivity index (χ0v) is 11.5. The molecule has 0 saturated carbocycles. The summed E-state index contributed by atoms with van der Waals surface area (Å²) in [6, 6.07) is 2.09. The second-order valence-electron chi connectivity index (χ2n) is 6.08. The van der Waals surface area contributed by atoms with Crippen LogP contribution in [0.3, 0.4) is 0 Å². The van der Waals surface area contributed by atoms with E-state index in [0.717, 1.165) is 6.54 Å². The quantitative estimate of drug-likeness (QED) is 0.754. The van der Waals surface area contributed by atoms with Crippen molar-refractivity contribution < 1.29 is 0 Å². The van der Waals surface area contributed by atoms with Crippen molar-refractivity contribution in [2.45, 2.75) is 76.5 Å². The predicted octanol–water partition coefficient (Wildman–Crippen LogP) is 2.39. The molecule has 0 aromatic carbocycles. The molecule has 17 heavy (non-hydrogen) atoms. The molecule has 2 rings (SSSR count). The van der Waals surface area contributed by atoms with Gasteiger partial charge in [-0.1, -0.05) is 19.3 Å². The lowest BCUT2D eigenvalue weighted by atomic mass is 9.78. The maximum absolute atomic E-state index is 5.73. The monoisotopic (exact) mass is 234 g/mol. The fraction of sp³-hybridized carbons (Fsp3) is 0.867. The van der Waals surface area contributed by atoms with E-state index in [1.165, 1.54) is 32.1 Å². The molecule has 96 valence electrons. The molecule has 0 aliphatic carbocycles. The van der Waals surface area contributed by atoms with Gasteiger partial charge >= 0.3 is 0 Å². The zero-order chi connectivity index (χ0) is 12.5. The third-order valence-corrected chi connectivity index (χ3v) is 4.47. The fourth-order valence-electron chi connectivity index (χ4n) is 3.82. The summed E-state index contributed by atoms with van der Waals surface area (Å²) in [5.74, 6) is 2.99. The van der Waals surface area contributed by atoms with Gasteiger partial charge in [0.05, 0.1) is 5.54 Å². The van der Waals surface area contributed by atoms with Crippen LogP contribution < -0.4 is 5.32 Å². The standard InChI is InChI=1S/C15H26N2/c1-5-15(3,4)17-13-8-7-9-14(17)11-12(10-13)16-6-2/h1,12-14,16H,6-11H2,2-4H3. The van der Waals surface area contributed by atoms with Crippen LogP contribution in [0.1, 0.15) is 52.9 Å². The van der Waals surface area contributed by atoms with Gasteiger partial charge < -0.3 is 5.32 Å². The molecule has 2 aliphatic heterocycles. The Bertz CT molecular complexity index is 289. The molecule has 0 radical (unpaired) electrons. The van der Waals surface area contributed by atoms with E-state index in [-0.39, 0.29) is 5.54 Å². The van der Waals surface area contributed by atoms with E-state index in [0.29, 0.717) is 18.1 Å². The summed E-state index contributed by atoms with van der Waals surface area (Å²) in [7, 11) is 0. The molecular formula is C15H26N2. The topological polar surface area (TPSA) is 15.3 Å². The molecule has 0 amide bonds. The Balaban J connectivity index is 2.13. The predicted molar refractivity (Wildman–Crippen MR) is 72.9 cm³/mol. The van der Waals surface area contributed by atoms with Crippen LogP contribution >= 0.6 is 0 Å². The number of piperidine rings is 2. The van der Waals surface area contributed by atoms with E-state index in [2.05, 4.69) is 36.9 Å². The van der Waals surface area contributed by atoms with Crippen molar-refractivity contribution >= 4 is 0 Å². The van der Waals surface area contributed by atoms with Crippen molar-refractivity contribution in [2.75, 3.05) is 6.54 Å². The molecule has 2 nitrogen and oxygen atoms in total. The summed E-state index contributed by atoms with van der Waals surface area (Å²) in [5.41, 5.74) is -0.0765. The number of nitrogens with zero attached hydrogens (tertiary/aromatic N) is 1. The summed E-state index contributed by atoms with van der Waals surface area (Å²) in [5, 5.41) is 3.62. The number of terminal acetylenes is 1. The lowest BCUT2D eigenvalue weighted by molar-refractivity contribution is -0.0246. The minimum Gasteiger partial charge on any atom is -0.314 e. The normalized spacial score (nSPS) is 34.4. The summed E-state index contributed by atoms with van der Waals surface area (Å²) in [6.07, 6.45) is 12.3. The first-order chi connectivity index (χ1) is 8.08. The molecule has 2 bridgehead atoms. The molecule has 0 aromatic rings. The minimum atomic E-state index is -0.0765. The largest absolute Gasteiger partial charge is 0.314 e. The summed E-state index contributed by atoms with van der Waals surface area (Å²) >= 11 is 0. The van der Waals surface area contributed by atoms with Gasteiger partial charge in [0.15, 0.2) is 0 Å². The third-order valence-electron chi connectivity index (χ3n) is 4.47. The van der Waals surface area contributed by atoms with Crippen LogP contribution in [-0.2, 0) is 0 Å². The van der Waals surface area contributed by atoms with Gasteiger partial charge in [-0.2, -0.15) is 0 Å². The molecule has 0 aromatic heterocycles. The van der Waals surface area contributed by atoms with Crippen LogP contribution in [0.2, 0.25) is 0 Å². The Hall–Kier alpha value is -0.520. The maximum atomic E-state index is 5.73. The molecule has 1 N–H and O–H groups in total. The number of fused-ring (bicyclic) bond motifs is 2. The highest BCUT2D eigenvalue weighted by Gasteiger charge is 2.43. The highest BCUT2D eigenvalue weighted by atomic mass is 15.3. The van der Waals surface area contributed by atoms with Crippen molar-refractivity contribution in [1.29, 1.82) is 0 Å². The molecule has 0 spiro atoms. The molecule has 2 saturated heterocycles. The van der Waals surface area contributed by atoms with Gasteiger partial charge in [0.25, 0.3) is 0 Å². The maximum Gasteiger partial charge on any atom is 0.0770 e. The smallest absolute Gasteiger partial charge is 0.0770 e. The van der Waals surface area contributed by atoms with Crippen LogP contribution in [0.25, 0.3) is 0 Å². The molecule has 2 unspecified atom stereocenters. The number of nitrogens with one attached hydrogen (secondary N) is 1. The molecule has 2 aliphatic rings. The lowest BCUT2D eigenvalue weighted by Crippen LogP contribution is -2.62. The van der Waals surface area contributed by atoms with Gasteiger partial charge in [-0.15, -0.1) is 6.42 Å². The van der Waals surface area contributed by atoms with Crippen molar-refractivity contribution in [3.8, 4) is 12.3 Å². The van der Waals surface area contributed by atoms with Crippen molar-refractivity contribution in [3.63, 3.8) is 0 Å². The van der Waals surface area contributed by atoms with Gasteiger partial charge in [-0.25, -0.2) is 0 Å². The van der Waals surface area contributed by atoms with Gasteiger partial charge in [0.2, 0.25) is 0 Å². The Kier molecular flexibility index (Phi) is 3.80. The van der Waals surface area contributed by atoms with Crippen LogP contribution in [0.4, 0.5) is 0 Å². The van der Waals surface area contributed by atoms with Crippen LogP contribution in [-0.4, -0.2) is 35.1 Å². The van der Waals surface area contributed by atoms with E-state index in [1.54, 1.807) is 0 Å². The van der Waals surface area contributed by atoms with Crippen LogP contribution in [0.15, 0.2) is 0 Å². The zero-order valence-electron chi connectivity index (χ0n) is 11.5.